The topological polar surface area (TPSA) is 34.1 Å². The molecule has 0 aliphatic rings. The van der Waals surface area contributed by atoms with Crippen LogP contribution in [0.25, 0.3) is 0 Å². The number of hydrogen-bond donors (Lipinski definition) is 1. The Morgan fingerprint density at radius 3 is 2.70 bits per heavy atom. The third-order valence-corrected chi connectivity index (χ3v) is 2.70. The zero-order valence-corrected chi connectivity index (χ0v) is 10.7. The lowest BCUT2D eigenvalue weighted by Crippen LogP contribution is -2.07. The van der Waals surface area contributed by atoms with E-state index in [-0.39, 0.29) is 5.82 Å². The Morgan fingerprint density at radius 2 is 2.00 bits per heavy atom. The monoisotopic (exact) mass is 282 g/mol. The van der Waals surface area contributed by atoms with Crippen LogP contribution >= 0.6 is 0 Å². The maximum absolute atomic E-state index is 12.6. The largest absolute Gasteiger partial charge is 0.497 e. The second kappa shape index (κ2) is 5.81. The van der Waals surface area contributed by atoms with Crippen LogP contribution in [0.4, 0.5) is 19.0 Å². The Bertz CT molecular complexity index is 585. The van der Waals surface area contributed by atoms with Gasteiger partial charge in [-0.25, -0.2) is 4.98 Å². The fraction of sp³-hybridized carbons (Fsp3) is 0.214. The van der Waals surface area contributed by atoms with Gasteiger partial charge in [0.05, 0.1) is 12.7 Å². The van der Waals surface area contributed by atoms with Crippen LogP contribution in [0.1, 0.15) is 11.1 Å². The summed E-state index contributed by atoms with van der Waals surface area (Å²) < 4.78 is 42.8. The van der Waals surface area contributed by atoms with Crippen LogP contribution in [0, 0.1) is 0 Å². The lowest BCUT2D eigenvalue weighted by atomic mass is 10.2. The van der Waals surface area contributed by atoms with Crippen LogP contribution in [0.5, 0.6) is 5.75 Å². The van der Waals surface area contributed by atoms with E-state index < -0.39 is 11.7 Å². The number of ether oxygens (including phenoxy) is 1. The van der Waals surface area contributed by atoms with E-state index in [1.165, 1.54) is 0 Å². The number of alkyl halides is 3. The van der Waals surface area contributed by atoms with Crippen molar-refractivity contribution in [1.82, 2.24) is 4.98 Å². The average Bonchev–Trinajstić information content (AvgIpc) is 2.45. The van der Waals surface area contributed by atoms with Gasteiger partial charge in [0, 0.05) is 12.7 Å². The molecule has 0 atom stereocenters. The van der Waals surface area contributed by atoms with Gasteiger partial charge in [0.2, 0.25) is 0 Å². The molecule has 0 aliphatic carbocycles. The third kappa shape index (κ3) is 3.63. The lowest BCUT2D eigenvalue weighted by molar-refractivity contribution is -0.137. The fourth-order valence-corrected chi connectivity index (χ4v) is 1.68. The highest BCUT2D eigenvalue weighted by molar-refractivity contribution is 5.40. The predicted octanol–water partition coefficient (Wildman–Crippen LogP) is 3.72. The maximum Gasteiger partial charge on any atom is 0.416 e. The Hall–Kier alpha value is -2.24. The molecule has 2 rings (SSSR count). The van der Waals surface area contributed by atoms with Crippen LogP contribution in [-0.4, -0.2) is 12.1 Å². The predicted molar refractivity (Wildman–Crippen MR) is 69.6 cm³/mol. The molecule has 0 saturated carbocycles. The molecule has 3 nitrogen and oxygen atoms in total. The van der Waals surface area contributed by atoms with E-state index in [2.05, 4.69) is 10.3 Å². The van der Waals surface area contributed by atoms with E-state index in [0.717, 1.165) is 23.9 Å². The number of anilines is 1. The number of aromatic nitrogens is 1. The third-order valence-electron chi connectivity index (χ3n) is 2.70. The normalized spacial score (nSPS) is 11.2. The Morgan fingerprint density at radius 1 is 1.20 bits per heavy atom. The molecule has 1 aromatic carbocycles. The number of nitrogens with one attached hydrogen (secondary N) is 1. The van der Waals surface area contributed by atoms with Gasteiger partial charge < -0.3 is 10.1 Å². The summed E-state index contributed by atoms with van der Waals surface area (Å²) in [6.07, 6.45) is -3.23. The van der Waals surface area contributed by atoms with Gasteiger partial charge in [-0.15, -0.1) is 0 Å². The first-order valence-electron chi connectivity index (χ1n) is 5.89. The number of pyridine rings is 1. The Balaban J connectivity index is 2.07. The molecule has 20 heavy (non-hydrogen) atoms. The number of hydrogen-bond acceptors (Lipinski definition) is 3. The van der Waals surface area contributed by atoms with Crippen LogP contribution in [-0.2, 0) is 12.7 Å². The minimum absolute atomic E-state index is 0.183. The van der Waals surface area contributed by atoms with E-state index in [1.54, 1.807) is 19.2 Å². The van der Waals surface area contributed by atoms with Gasteiger partial charge in [-0.05, 0) is 29.8 Å². The Labute approximate surface area is 114 Å². The van der Waals surface area contributed by atoms with Crippen molar-refractivity contribution in [3.8, 4) is 5.75 Å². The first kappa shape index (κ1) is 14.2. The van der Waals surface area contributed by atoms with Crippen LogP contribution < -0.4 is 10.1 Å². The van der Waals surface area contributed by atoms with Crippen molar-refractivity contribution in [2.75, 3.05) is 12.4 Å². The summed E-state index contributed by atoms with van der Waals surface area (Å²) in [5, 5.41) is 2.86. The van der Waals surface area contributed by atoms with Crippen molar-refractivity contribution in [3.63, 3.8) is 0 Å². The van der Waals surface area contributed by atoms with E-state index in [0.29, 0.717) is 12.3 Å². The first-order chi connectivity index (χ1) is 9.49. The molecule has 1 N–H and O–H groups in total. The zero-order valence-electron chi connectivity index (χ0n) is 10.7. The van der Waals surface area contributed by atoms with Gasteiger partial charge in [-0.1, -0.05) is 12.1 Å². The van der Waals surface area contributed by atoms with Crippen molar-refractivity contribution < 1.29 is 17.9 Å². The summed E-state index contributed by atoms with van der Waals surface area (Å²) in [6, 6.07) is 9.20. The molecule has 0 radical (unpaired) electrons. The number of methoxy groups -OCH3 is 1. The summed E-state index contributed by atoms with van der Waals surface area (Å²) in [4.78, 5) is 3.87. The molecule has 0 fully saturated rings. The molecule has 0 bridgehead atoms. The highest BCUT2D eigenvalue weighted by Gasteiger charge is 2.30. The molecule has 106 valence electrons. The fourth-order valence-electron chi connectivity index (χ4n) is 1.68. The summed E-state index contributed by atoms with van der Waals surface area (Å²) in [6.45, 7) is 0.367. The Kier molecular flexibility index (Phi) is 4.12. The van der Waals surface area contributed by atoms with E-state index in [4.69, 9.17) is 4.74 Å². The number of benzene rings is 1. The van der Waals surface area contributed by atoms with E-state index >= 15 is 0 Å². The van der Waals surface area contributed by atoms with Crippen LogP contribution in [0.3, 0.4) is 0 Å². The molecule has 0 saturated heterocycles. The second-order valence-electron chi connectivity index (χ2n) is 4.13. The van der Waals surface area contributed by atoms with E-state index in [1.807, 2.05) is 12.1 Å². The highest BCUT2D eigenvalue weighted by atomic mass is 19.4. The summed E-state index contributed by atoms with van der Waals surface area (Å²) in [7, 11) is 1.56. The number of halogens is 3. The molecular formula is C14H13F3N2O. The van der Waals surface area contributed by atoms with Crippen LogP contribution in [0.15, 0.2) is 42.6 Å². The van der Waals surface area contributed by atoms with Crippen molar-refractivity contribution in [1.29, 1.82) is 0 Å². The van der Waals surface area contributed by atoms with Crippen molar-refractivity contribution >= 4 is 5.82 Å². The second-order valence-corrected chi connectivity index (χ2v) is 4.13. The molecule has 0 spiro atoms. The highest BCUT2D eigenvalue weighted by Crippen LogP contribution is 2.29. The SMILES string of the molecule is COc1cccc(CNc2cc(C(F)(F)F)ccn2)c1. The van der Waals surface area contributed by atoms with Crippen molar-refractivity contribution in [2.45, 2.75) is 12.7 Å². The lowest BCUT2D eigenvalue weighted by Gasteiger charge is -2.10. The number of nitrogens with zero attached hydrogens (tertiary/aromatic N) is 1. The minimum Gasteiger partial charge on any atom is -0.497 e. The average molecular weight is 282 g/mol. The molecule has 0 amide bonds. The zero-order chi connectivity index (χ0) is 14.6. The quantitative estimate of drug-likeness (QED) is 0.928. The summed E-state index contributed by atoms with van der Waals surface area (Å²) in [5.41, 5.74) is 0.171. The number of rotatable bonds is 4. The molecule has 0 aliphatic heterocycles. The molecule has 2 aromatic rings. The van der Waals surface area contributed by atoms with Crippen molar-refractivity contribution in [3.05, 3.63) is 53.7 Å². The smallest absolute Gasteiger partial charge is 0.416 e. The van der Waals surface area contributed by atoms with Crippen molar-refractivity contribution in [2.24, 2.45) is 0 Å². The molecule has 1 heterocycles. The van der Waals surface area contributed by atoms with Gasteiger partial charge in [0.25, 0.3) is 0 Å². The maximum atomic E-state index is 12.6. The standard InChI is InChI=1S/C14H13F3N2O/c1-20-12-4-2-3-10(7-12)9-19-13-8-11(5-6-18-13)14(15,16)17/h2-8H,9H2,1H3,(H,18,19). The molecule has 1 aromatic heterocycles. The molecule has 6 heteroatoms. The van der Waals surface area contributed by atoms with Gasteiger partial charge in [-0.3, -0.25) is 0 Å². The molecular weight excluding hydrogens is 269 g/mol. The minimum atomic E-state index is -4.37. The van der Waals surface area contributed by atoms with Gasteiger partial charge in [0.1, 0.15) is 11.6 Å². The first-order valence-corrected chi connectivity index (χ1v) is 5.89. The van der Waals surface area contributed by atoms with Crippen LogP contribution in [0.2, 0.25) is 0 Å². The van der Waals surface area contributed by atoms with Gasteiger partial charge in [-0.2, -0.15) is 13.2 Å². The summed E-state index contributed by atoms with van der Waals surface area (Å²) >= 11 is 0. The van der Waals surface area contributed by atoms with Gasteiger partial charge in [0.15, 0.2) is 0 Å². The van der Waals surface area contributed by atoms with Gasteiger partial charge >= 0.3 is 6.18 Å². The van der Waals surface area contributed by atoms with E-state index in [9.17, 15) is 13.2 Å². The molecule has 0 unspecified atom stereocenters. The summed E-state index contributed by atoms with van der Waals surface area (Å²) in [5.74, 6) is 0.879.